The van der Waals surface area contributed by atoms with Crippen LogP contribution in [-0.2, 0) is 9.59 Å². The smallest absolute Gasteiger partial charge is 0.300 e. The first kappa shape index (κ1) is 12.1. The van der Waals surface area contributed by atoms with E-state index in [1.54, 1.807) is 11.0 Å². The van der Waals surface area contributed by atoms with Crippen LogP contribution in [0.15, 0.2) is 12.7 Å². The number of hydrogen-bond acceptors (Lipinski definition) is 2. The first-order valence-electron chi connectivity index (χ1n) is 3.96. The van der Waals surface area contributed by atoms with Gasteiger partial charge in [0.05, 0.1) is 6.54 Å². The van der Waals surface area contributed by atoms with Crippen LogP contribution in [0.1, 0.15) is 0 Å². The number of quaternary nitrogens is 1. The molecule has 0 spiro atoms. The molecule has 0 radical (unpaired) electrons. The normalized spacial score (nSPS) is 22.0. The molecule has 1 heterocycles. The fourth-order valence-corrected chi connectivity index (χ4v) is 1.25. The van der Waals surface area contributed by atoms with Crippen LogP contribution in [0.5, 0.6) is 0 Å². The second-order valence-corrected chi connectivity index (χ2v) is 2.83. The van der Waals surface area contributed by atoms with E-state index < -0.39 is 0 Å². The van der Waals surface area contributed by atoms with Gasteiger partial charge in [0.2, 0.25) is 0 Å². The van der Waals surface area contributed by atoms with Crippen molar-refractivity contribution in [3.8, 4) is 0 Å². The zero-order valence-electron chi connectivity index (χ0n) is 7.33. The number of nitrogens with one attached hydrogen (secondary N) is 1. The Morgan fingerprint density at radius 1 is 1.62 bits per heavy atom. The summed E-state index contributed by atoms with van der Waals surface area (Å²) >= 11 is 0. The highest BCUT2D eigenvalue weighted by molar-refractivity contribution is 5.78. The van der Waals surface area contributed by atoms with Gasteiger partial charge in [-0.05, 0) is 0 Å². The van der Waals surface area contributed by atoms with Crippen LogP contribution in [0.4, 0.5) is 0 Å². The van der Waals surface area contributed by atoms with Crippen molar-refractivity contribution in [1.29, 1.82) is 0 Å². The van der Waals surface area contributed by atoms with E-state index >= 15 is 0 Å². The Bertz CT molecular complexity index is 208. The van der Waals surface area contributed by atoms with Crippen molar-refractivity contribution in [3.05, 3.63) is 12.7 Å². The largest absolute Gasteiger partial charge is 1.00 e. The molecular weight excluding hydrogens is 192 g/mol. The van der Waals surface area contributed by atoms with Gasteiger partial charge in [-0.3, -0.25) is 9.69 Å². The highest BCUT2D eigenvalue weighted by Gasteiger charge is 2.25. The van der Waals surface area contributed by atoms with Crippen molar-refractivity contribution in [3.63, 3.8) is 0 Å². The van der Waals surface area contributed by atoms with Crippen molar-refractivity contribution in [2.45, 2.75) is 0 Å². The summed E-state index contributed by atoms with van der Waals surface area (Å²) in [5.41, 5.74) is 0. The average molecular weight is 205 g/mol. The van der Waals surface area contributed by atoms with Crippen molar-refractivity contribution in [2.24, 2.45) is 0 Å². The zero-order chi connectivity index (χ0) is 8.97. The topological polar surface area (TPSA) is 41.8 Å². The lowest BCUT2D eigenvalue weighted by atomic mass is 10.3. The summed E-state index contributed by atoms with van der Waals surface area (Å²) in [4.78, 5) is 24.0. The zero-order valence-corrected chi connectivity index (χ0v) is 8.09. The van der Waals surface area contributed by atoms with Crippen molar-refractivity contribution >= 4 is 12.3 Å². The molecule has 1 fully saturated rings. The third-order valence-electron chi connectivity index (χ3n) is 1.95. The molecule has 0 saturated carbocycles. The molecule has 1 N–H and O–H groups in total. The molecule has 5 heteroatoms. The fraction of sp³-hybridized carbons (Fsp3) is 0.500. The van der Waals surface area contributed by atoms with Gasteiger partial charge in [-0.1, -0.05) is 6.08 Å². The van der Waals surface area contributed by atoms with Gasteiger partial charge in [-0.25, -0.2) is 4.79 Å². The molecule has 1 rings (SSSR count). The van der Waals surface area contributed by atoms with Crippen LogP contribution >= 0.6 is 0 Å². The van der Waals surface area contributed by atoms with Crippen LogP contribution in [-0.4, -0.2) is 43.4 Å². The maximum atomic E-state index is 11.3. The minimum atomic E-state index is 0. The van der Waals surface area contributed by atoms with Crippen LogP contribution in [0.2, 0.25) is 0 Å². The van der Waals surface area contributed by atoms with Crippen LogP contribution < -0.4 is 17.3 Å². The number of rotatable bonds is 3. The van der Waals surface area contributed by atoms with Crippen LogP contribution in [0.3, 0.4) is 0 Å². The van der Waals surface area contributed by atoms with Crippen molar-refractivity contribution in [2.75, 3.05) is 26.2 Å². The summed E-state index contributed by atoms with van der Waals surface area (Å²) in [5, 5.41) is 0. The number of amides is 2. The van der Waals surface area contributed by atoms with Crippen LogP contribution in [0.25, 0.3) is 0 Å². The predicted molar refractivity (Wildman–Crippen MR) is 43.5 cm³/mol. The minimum absolute atomic E-state index is 0. The summed E-state index contributed by atoms with van der Waals surface area (Å²) in [6.45, 7) is 5.80. The third kappa shape index (κ3) is 3.16. The molecule has 1 unspecified atom stereocenters. The van der Waals surface area contributed by atoms with E-state index in [0.29, 0.717) is 24.5 Å². The summed E-state index contributed by atoms with van der Waals surface area (Å²) < 4.78 is 0. The standard InChI is InChI=1S/C8H12N2O2.ClH/c1-2-3-10-5-4-9(7-11)6-8(10)12;/h2,7H,1,3-6H2;1H. The average Bonchev–Trinajstić information content (AvgIpc) is 2.09. The first-order valence-corrected chi connectivity index (χ1v) is 3.96. The molecule has 0 aromatic rings. The Morgan fingerprint density at radius 2 is 2.31 bits per heavy atom. The van der Waals surface area contributed by atoms with Crippen molar-refractivity contribution in [1.82, 2.24) is 4.90 Å². The van der Waals surface area contributed by atoms with Crippen LogP contribution in [0, 0.1) is 0 Å². The molecule has 1 atom stereocenters. The lowest BCUT2D eigenvalue weighted by Gasteiger charge is -2.27. The van der Waals surface area contributed by atoms with Gasteiger partial charge in [-0.15, -0.1) is 6.58 Å². The maximum Gasteiger partial charge on any atom is 0.300 e. The van der Waals surface area contributed by atoms with E-state index in [0.717, 1.165) is 6.41 Å². The first-order chi connectivity index (χ1) is 5.77. The minimum Gasteiger partial charge on any atom is -1.00 e. The number of halogens is 1. The van der Waals surface area contributed by atoms with E-state index in [1.807, 2.05) is 0 Å². The van der Waals surface area contributed by atoms with Gasteiger partial charge in [-0.2, -0.15) is 0 Å². The van der Waals surface area contributed by atoms with E-state index in [9.17, 15) is 9.59 Å². The highest BCUT2D eigenvalue weighted by Crippen LogP contribution is 1.90. The number of carbonyl (C=O) groups is 2. The second kappa shape index (κ2) is 5.72. The number of piperazine rings is 1. The molecular formula is C8H13ClN2O2. The van der Waals surface area contributed by atoms with Gasteiger partial charge in [0.1, 0.15) is 6.54 Å². The van der Waals surface area contributed by atoms with Gasteiger partial charge in [0.15, 0.2) is 6.54 Å². The number of hydrogen-bond donors (Lipinski definition) is 1. The van der Waals surface area contributed by atoms with Crippen molar-refractivity contribution < 1.29 is 26.9 Å². The molecule has 2 amide bonds. The molecule has 1 aliphatic rings. The SMILES string of the molecule is C=CCN1CC[NH+](C=O)CC1=O.[Cl-]. The summed E-state index contributed by atoms with van der Waals surface area (Å²) in [5.74, 6) is 0.0308. The Kier molecular flexibility index (Phi) is 5.34. The Labute approximate surface area is 83.6 Å². The van der Waals surface area contributed by atoms with E-state index in [4.69, 9.17) is 0 Å². The molecule has 1 saturated heterocycles. The predicted octanol–water partition coefficient (Wildman–Crippen LogP) is -4.94. The molecule has 1 aliphatic heterocycles. The number of nitrogens with zero attached hydrogens (tertiary/aromatic N) is 1. The molecule has 0 aromatic carbocycles. The monoisotopic (exact) mass is 204 g/mol. The lowest BCUT2D eigenvalue weighted by molar-refractivity contribution is -0.805. The lowest BCUT2D eigenvalue weighted by Crippen LogP contribution is -3.14. The molecule has 0 bridgehead atoms. The van der Waals surface area contributed by atoms with E-state index in [-0.39, 0.29) is 24.9 Å². The molecule has 0 aromatic heterocycles. The van der Waals surface area contributed by atoms with E-state index in [2.05, 4.69) is 6.58 Å². The Hall–Kier alpha value is -0.870. The summed E-state index contributed by atoms with van der Waals surface area (Å²) in [6, 6.07) is 0. The molecule has 0 aliphatic carbocycles. The highest BCUT2D eigenvalue weighted by atomic mass is 35.5. The van der Waals surface area contributed by atoms with Gasteiger partial charge in [0.25, 0.3) is 12.3 Å². The maximum absolute atomic E-state index is 11.3. The number of carbonyl (C=O) groups excluding carboxylic acids is 2. The molecule has 13 heavy (non-hydrogen) atoms. The molecule has 4 nitrogen and oxygen atoms in total. The fourth-order valence-electron chi connectivity index (χ4n) is 1.25. The van der Waals surface area contributed by atoms with Gasteiger partial charge < -0.3 is 17.3 Å². The summed E-state index contributed by atoms with van der Waals surface area (Å²) in [7, 11) is 0. The van der Waals surface area contributed by atoms with E-state index in [1.165, 1.54) is 0 Å². The van der Waals surface area contributed by atoms with Gasteiger partial charge in [0, 0.05) is 6.54 Å². The summed E-state index contributed by atoms with van der Waals surface area (Å²) in [6.07, 6.45) is 2.49. The third-order valence-corrected chi connectivity index (χ3v) is 1.95. The quantitative estimate of drug-likeness (QED) is 0.370. The van der Waals surface area contributed by atoms with Gasteiger partial charge >= 0.3 is 0 Å². The Morgan fingerprint density at radius 3 is 2.77 bits per heavy atom. The molecule has 74 valence electrons. The Balaban J connectivity index is 0.00000144. The second-order valence-electron chi connectivity index (χ2n) is 2.83.